The van der Waals surface area contributed by atoms with Crippen LogP contribution < -0.4 is 4.72 Å². The molecule has 2 heterocycles. The van der Waals surface area contributed by atoms with Crippen LogP contribution in [0.25, 0.3) is 0 Å². The van der Waals surface area contributed by atoms with Gasteiger partial charge in [0.2, 0.25) is 0 Å². The van der Waals surface area contributed by atoms with Gasteiger partial charge in [0.05, 0.1) is 17.6 Å². The molecular formula is C11H13N3O4S3. The topological polar surface area (TPSA) is 98.2 Å². The van der Waals surface area contributed by atoms with Crippen molar-refractivity contribution in [3.63, 3.8) is 0 Å². The van der Waals surface area contributed by atoms with Crippen LogP contribution in [-0.2, 0) is 21.2 Å². The third-order valence-corrected chi connectivity index (χ3v) is 6.31. The second-order valence-corrected chi connectivity index (χ2v) is 7.77. The number of hydrogen-bond acceptors (Lipinski definition) is 8. The Morgan fingerprint density at radius 3 is 2.81 bits per heavy atom. The average molecular weight is 347 g/mol. The summed E-state index contributed by atoms with van der Waals surface area (Å²) in [6, 6.07) is 0. The van der Waals surface area contributed by atoms with Crippen molar-refractivity contribution in [1.82, 2.24) is 14.7 Å². The van der Waals surface area contributed by atoms with E-state index in [9.17, 15) is 13.2 Å². The summed E-state index contributed by atoms with van der Waals surface area (Å²) in [4.78, 5) is 19.5. The monoisotopic (exact) mass is 347 g/mol. The largest absolute Gasteiger partial charge is 0.464 e. The van der Waals surface area contributed by atoms with Crippen LogP contribution in [0.4, 0.5) is 0 Å². The van der Waals surface area contributed by atoms with Crippen molar-refractivity contribution in [3.8, 4) is 0 Å². The van der Waals surface area contributed by atoms with Gasteiger partial charge in [0.1, 0.15) is 0 Å². The SMILES string of the molecule is COC(=O)c1ncsc1S(=O)(=O)NCCc1nc(C)cs1. The Hall–Kier alpha value is -1.36. The molecule has 2 rings (SSSR count). The lowest BCUT2D eigenvalue weighted by Crippen LogP contribution is -2.26. The Balaban J connectivity index is 2.05. The fourth-order valence-corrected chi connectivity index (χ4v) is 4.52. The lowest BCUT2D eigenvalue weighted by Gasteiger charge is -2.05. The summed E-state index contributed by atoms with van der Waals surface area (Å²) in [6.07, 6.45) is 0.490. The van der Waals surface area contributed by atoms with Gasteiger partial charge in [0.25, 0.3) is 10.0 Å². The van der Waals surface area contributed by atoms with Gasteiger partial charge in [-0.2, -0.15) is 0 Å². The molecule has 2 aromatic heterocycles. The van der Waals surface area contributed by atoms with Crippen LogP contribution in [-0.4, -0.2) is 38.0 Å². The van der Waals surface area contributed by atoms with Crippen LogP contribution in [0.5, 0.6) is 0 Å². The van der Waals surface area contributed by atoms with E-state index in [1.165, 1.54) is 24.0 Å². The summed E-state index contributed by atoms with van der Waals surface area (Å²) in [5.41, 5.74) is 2.01. The molecule has 0 aliphatic heterocycles. The molecule has 1 N–H and O–H groups in total. The lowest BCUT2D eigenvalue weighted by atomic mass is 10.4. The molecule has 0 unspecified atom stereocenters. The molecule has 0 radical (unpaired) electrons. The number of ether oxygens (including phenoxy) is 1. The minimum atomic E-state index is -3.78. The van der Waals surface area contributed by atoms with Crippen LogP contribution in [0, 0.1) is 6.92 Å². The van der Waals surface area contributed by atoms with Gasteiger partial charge in [-0.15, -0.1) is 22.7 Å². The molecule has 7 nitrogen and oxygen atoms in total. The van der Waals surface area contributed by atoms with Crippen LogP contribution in [0.15, 0.2) is 15.1 Å². The average Bonchev–Trinajstić information content (AvgIpc) is 3.07. The Kier molecular flexibility index (Phi) is 5.04. The molecule has 0 bridgehead atoms. The van der Waals surface area contributed by atoms with Gasteiger partial charge in [-0.3, -0.25) is 0 Å². The van der Waals surface area contributed by atoms with Crippen molar-refractivity contribution in [1.29, 1.82) is 0 Å². The normalized spacial score (nSPS) is 11.5. The Morgan fingerprint density at radius 1 is 1.43 bits per heavy atom. The van der Waals surface area contributed by atoms with E-state index in [0.29, 0.717) is 6.42 Å². The van der Waals surface area contributed by atoms with Crippen molar-refractivity contribution in [2.24, 2.45) is 0 Å². The number of rotatable bonds is 6. The molecule has 0 saturated heterocycles. The second kappa shape index (κ2) is 6.60. The van der Waals surface area contributed by atoms with Crippen LogP contribution in [0.3, 0.4) is 0 Å². The smallest absolute Gasteiger partial charge is 0.358 e. The van der Waals surface area contributed by atoms with Crippen molar-refractivity contribution in [2.45, 2.75) is 17.6 Å². The predicted molar refractivity (Wildman–Crippen MR) is 79.2 cm³/mol. The van der Waals surface area contributed by atoms with E-state index in [1.807, 2.05) is 12.3 Å². The standard InChI is InChI=1S/C11H13N3O4S3/c1-7-5-19-8(14-7)3-4-13-21(16,17)11-9(10(15)18-2)12-6-20-11/h5-6,13H,3-4H2,1-2H3. The number of aromatic nitrogens is 2. The molecule has 114 valence electrons. The minimum Gasteiger partial charge on any atom is -0.464 e. The van der Waals surface area contributed by atoms with Crippen LogP contribution in [0.2, 0.25) is 0 Å². The number of hydrogen-bond donors (Lipinski definition) is 1. The number of aryl methyl sites for hydroxylation is 1. The highest BCUT2D eigenvalue weighted by atomic mass is 32.2. The number of methoxy groups -OCH3 is 1. The van der Waals surface area contributed by atoms with E-state index < -0.39 is 16.0 Å². The van der Waals surface area contributed by atoms with Gasteiger partial charge in [-0.1, -0.05) is 0 Å². The summed E-state index contributed by atoms with van der Waals surface area (Å²) in [7, 11) is -2.61. The van der Waals surface area contributed by atoms with E-state index in [-0.39, 0.29) is 16.4 Å². The Morgan fingerprint density at radius 2 is 2.19 bits per heavy atom. The van der Waals surface area contributed by atoms with E-state index >= 15 is 0 Å². The number of thiazole rings is 2. The van der Waals surface area contributed by atoms with Crippen molar-refractivity contribution < 1.29 is 17.9 Å². The van der Waals surface area contributed by atoms with Gasteiger partial charge in [0.15, 0.2) is 9.90 Å². The molecule has 0 amide bonds. The predicted octanol–water partition coefficient (Wildman–Crippen LogP) is 1.22. The van der Waals surface area contributed by atoms with Crippen LogP contribution >= 0.6 is 22.7 Å². The van der Waals surface area contributed by atoms with Crippen LogP contribution in [0.1, 0.15) is 21.2 Å². The first-order valence-corrected chi connectivity index (χ1v) is 9.11. The number of esters is 1. The van der Waals surface area contributed by atoms with E-state index in [1.54, 1.807) is 0 Å². The zero-order valence-electron chi connectivity index (χ0n) is 11.3. The molecule has 10 heteroatoms. The first kappa shape index (κ1) is 16.0. The third kappa shape index (κ3) is 3.84. The van der Waals surface area contributed by atoms with E-state index in [2.05, 4.69) is 19.4 Å². The minimum absolute atomic E-state index is 0.135. The molecule has 0 fully saturated rings. The molecule has 0 aliphatic carbocycles. The molecule has 0 spiro atoms. The molecule has 21 heavy (non-hydrogen) atoms. The first-order chi connectivity index (χ1) is 9.94. The number of nitrogens with one attached hydrogen (secondary N) is 1. The van der Waals surface area contributed by atoms with Gasteiger partial charge >= 0.3 is 5.97 Å². The summed E-state index contributed by atoms with van der Waals surface area (Å²) >= 11 is 2.35. The molecule has 0 saturated carbocycles. The maximum absolute atomic E-state index is 12.2. The maximum atomic E-state index is 12.2. The summed E-state index contributed by atoms with van der Waals surface area (Å²) in [5.74, 6) is -0.771. The third-order valence-electron chi connectivity index (χ3n) is 2.46. The number of carbonyl (C=O) groups is 1. The zero-order valence-corrected chi connectivity index (χ0v) is 13.8. The summed E-state index contributed by atoms with van der Waals surface area (Å²) in [5, 5.41) is 2.76. The van der Waals surface area contributed by atoms with Gasteiger partial charge < -0.3 is 4.74 Å². The van der Waals surface area contributed by atoms with Crippen molar-refractivity contribution in [3.05, 3.63) is 27.3 Å². The van der Waals surface area contributed by atoms with Gasteiger partial charge in [-0.05, 0) is 6.92 Å². The van der Waals surface area contributed by atoms with Gasteiger partial charge in [0, 0.05) is 24.0 Å². The molecular weight excluding hydrogens is 334 g/mol. The highest BCUT2D eigenvalue weighted by molar-refractivity contribution is 7.91. The van der Waals surface area contributed by atoms with Crippen molar-refractivity contribution >= 4 is 38.7 Å². The maximum Gasteiger partial charge on any atom is 0.358 e. The first-order valence-electron chi connectivity index (χ1n) is 5.86. The Bertz CT molecular complexity index is 735. The quantitative estimate of drug-likeness (QED) is 0.789. The van der Waals surface area contributed by atoms with E-state index in [0.717, 1.165) is 22.0 Å². The molecule has 0 aromatic carbocycles. The van der Waals surface area contributed by atoms with E-state index in [4.69, 9.17) is 0 Å². The number of carbonyl (C=O) groups excluding carboxylic acids is 1. The zero-order chi connectivity index (χ0) is 15.5. The summed E-state index contributed by atoms with van der Waals surface area (Å²) < 4.78 is 31.1. The highest BCUT2D eigenvalue weighted by Crippen LogP contribution is 2.20. The fourth-order valence-electron chi connectivity index (χ4n) is 1.53. The number of nitrogens with zero attached hydrogens (tertiary/aromatic N) is 2. The Labute approximate surface area is 130 Å². The van der Waals surface area contributed by atoms with Crippen molar-refractivity contribution in [2.75, 3.05) is 13.7 Å². The second-order valence-electron chi connectivity index (χ2n) is 4.01. The number of sulfonamides is 1. The molecule has 2 aromatic rings. The lowest BCUT2D eigenvalue weighted by molar-refractivity contribution is 0.0590. The van der Waals surface area contributed by atoms with Gasteiger partial charge in [-0.25, -0.2) is 27.9 Å². The summed E-state index contributed by atoms with van der Waals surface area (Å²) in [6.45, 7) is 2.08. The molecule has 0 atom stereocenters. The fraction of sp³-hybridized carbons (Fsp3) is 0.364. The molecule has 0 aliphatic rings. The highest BCUT2D eigenvalue weighted by Gasteiger charge is 2.26.